The molecule has 132 valence electrons. The maximum Gasteiger partial charge on any atom is 0.223 e. The third-order valence-corrected chi connectivity index (χ3v) is 5.03. The zero-order chi connectivity index (χ0) is 18.1. The van der Waals surface area contributed by atoms with Gasteiger partial charge < -0.3 is 15.5 Å². The fraction of sp³-hybridized carbons (Fsp3) is 0.350. The molecule has 1 aromatic heterocycles. The van der Waals surface area contributed by atoms with E-state index in [9.17, 15) is 5.26 Å². The van der Waals surface area contributed by atoms with Gasteiger partial charge >= 0.3 is 0 Å². The molecule has 1 aromatic carbocycles. The van der Waals surface area contributed by atoms with E-state index in [-0.39, 0.29) is 0 Å². The first-order valence-electron chi connectivity index (χ1n) is 9.09. The normalized spacial score (nSPS) is 17.8. The molecule has 0 saturated heterocycles. The molecule has 1 saturated carbocycles. The van der Waals surface area contributed by atoms with E-state index in [1.165, 1.54) is 6.42 Å². The maximum atomic E-state index is 9.93. The van der Waals surface area contributed by atoms with Crippen LogP contribution in [-0.4, -0.2) is 22.6 Å². The van der Waals surface area contributed by atoms with E-state index in [0.717, 1.165) is 42.1 Å². The van der Waals surface area contributed by atoms with Crippen LogP contribution >= 0.6 is 0 Å². The quantitative estimate of drug-likeness (QED) is 0.818. The highest BCUT2D eigenvalue weighted by Gasteiger charge is 2.27. The number of nitrogens with one attached hydrogen (secondary N) is 2. The minimum Gasteiger partial charge on any atom is -0.351 e. The summed E-state index contributed by atoms with van der Waals surface area (Å²) in [5.41, 5.74) is 4.20. The highest BCUT2D eigenvalue weighted by Crippen LogP contribution is 2.38. The summed E-state index contributed by atoms with van der Waals surface area (Å²) < 4.78 is 0. The highest BCUT2D eigenvalue weighted by molar-refractivity contribution is 5.91. The van der Waals surface area contributed by atoms with E-state index in [1.807, 2.05) is 25.1 Å². The van der Waals surface area contributed by atoms with Crippen molar-refractivity contribution in [2.24, 2.45) is 0 Å². The van der Waals surface area contributed by atoms with E-state index >= 15 is 0 Å². The number of hydrogen-bond donors (Lipinski definition) is 2. The number of nitriles is 1. The molecule has 2 aliphatic rings. The van der Waals surface area contributed by atoms with Gasteiger partial charge in [-0.3, -0.25) is 0 Å². The average molecular weight is 346 g/mol. The molecule has 0 radical (unpaired) electrons. The molecular weight excluding hydrogens is 324 g/mol. The van der Waals surface area contributed by atoms with Gasteiger partial charge in [0.2, 0.25) is 5.95 Å². The Balaban J connectivity index is 1.76. The summed E-state index contributed by atoms with van der Waals surface area (Å²) in [4.78, 5) is 11.2. The SMILES string of the molecule is CCN1/C(=C(\C#N)c2nc(NC3CCC3)ncc2C)Nc2ccccc21. The molecule has 0 atom stereocenters. The molecule has 1 aliphatic heterocycles. The predicted molar refractivity (Wildman–Crippen MR) is 104 cm³/mol. The van der Waals surface area contributed by atoms with Crippen LogP contribution in [0.1, 0.15) is 37.4 Å². The number of fused-ring (bicyclic) bond motifs is 1. The van der Waals surface area contributed by atoms with Gasteiger partial charge in [-0.25, -0.2) is 9.97 Å². The number of rotatable bonds is 4. The van der Waals surface area contributed by atoms with Gasteiger partial charge in [0.05, 0.1) is 17.1 Å². The number of nitrogens with zero attached hydrogens (tertiary/aromatic N) is 4. The molecule has 6 heteroatoms. The first kappa shape index (κ1) is 16.4. The molecule has 6 nitrogen and oxygen atoms in total. The maximum absolute atomic E-state index is 9.93. The van der Waals surface area contributed by atoms with E-state index in [4.69, 9.17) is 0 Å². The summed E-state index contributed by atoms with van der Waals surface area (Å²) in [5, 5.41) is 16.7. The van der Waals surface area contributed by atoms with Crippen molar-refractivity contribution in [1.29, 1.82) is 5.26 Å². The Hall–Kier alpha value is -3.07. The lowest BCUT2D eigenvalue weighted by atomic mass is 9.93. The molecular formula is C20H22N6. The van der Waals surface area contributed by atoms with Crippen molar-refractivity contribution in [2.45, 2.75) is 39.2 Å². The van der Waals surface area contributed by atoms with Gasteiger partial charge in [-0.15, -0.1) is 0 Å². The Bertz CT molecular complexity index is 907. The van der Waals surface area contributed by atoms with Crippen LogP contribution in [0, 0.1) is 18.3 Å². The fourth-order valence-corrected chi connectivity index (χ4v) is 3.37. The predicted octanol–water partition coefficient (Wildman–Crippen LogP) is 3.89. The van der Waals surface area contributed by atoms with Gasteiger partial charge in [0, 0.05) is 18.8 Å². The van der Waals surface area contributed by atoms with Crippen molar-refractivity contribution in [2.75, 3.05) is 22.1 Å². The molecule has 1 fully saturated rings. The molecule has 0 amide bonds. The summed E-state index contributed by atoms with van der Waals surface area (Å²) in [6, 6.07) is 10.9. The van der Waals surface area contributed by atoms with Crippen LogP contribution in [0.4, 0.5) is 17.3 Å². The number of para-hydroxylation sites is 2. The molecule has 2 N–H and O–H groups in total. The molecule has 0 unspecified atom stereocenters. The van der Waals surface area contributed by atoms with Crippen LogP contribution in [0.15, 0.2) is 36.3 Å². The largest absolute Gasteiger partial charge is 0.351 e. The summed E-state index contributed by atoms with van der Waals surface area (Å²) in [6.07, 6.45) is 5.34. The summed E-state index contributed by atoms with van der Waals surface area (Å²) >= 11 is 0. The molecule has 0 spiro atoms. The third kappa shape index (κ3) is 2.76. The van der Waals surface area contributed by atoms with Crippen LogP contribution in [0.25, 0.3) is 5.57 Å². The zero-order valence-electron chi connectivity index (χ0n) is 15.1. The van der Waals surface area contributed by atoms with Gasteiger partial charge in [0.1, 0.15) is 17.5 Å². The van der Waals surface area contributed by atoms with Crippen LogP contribution in [0.3, 0.4) is 0 Å². The van der Waals surface area contributed by atoms with Gasteiger partial charge in [-0.1, -0.05) is 12.1 Å². The average Bonchev–Trinajstić information content (AvgIpc) is 2.99. The fourth-order valence-electron chi connectivity index (χ4n) is 3.37. The number of anilines is 3. The molecule has 4 rings (SSSR count). The molecule has 2 aromatic rings. The number of benzene rings is 1. The Morgan fingerprint density at radius 1 is 1.38 bits per heavy atom. The van der Waals surface area contributed by atoms with E-state index in [1.54, 1.807) is 6.20 Å². The Morgan fingerprint density at radius 3 is 2.88 bits per heavy atom. The van der Waals surface area contributed by atoms with Crippen LogP contribution in [0.2, 0.25) is 0 Å². The zero-order valence-corrected chi connectivity index (χ0v) is 15.1. The molecule has 0 bridgehead atoms. The number of hydrogen-bond acceptors (Lipinski definition) is 6. The van der Waals surface area contributed by atoms with Crippen molar-refractivity contribution in [3.05, 3.63) is 47.5 Å². The van der Waals surface area contributed by atoms with Gasteiger partial charge in [0.25, 0.3) is 0 Å². The van der Waals surface area contributed by atoms with Crippen LogP contribution in [-0.2, 0) is 0 Å². The van der Waals surface area contributed by atoms with Crippen molar-refractivity contribution < 1.29 is 0 Å². The summed E-state index contributed by atoms with van der Waals surface area (Å²) in [6.45, 7) is 4.79. The Kier molecular flexibility index (Phi) is 4.21. The number of allylic oxidation sites excluding steroid dienone is 1. The Labute approximate surface area is 153 Å². The molecule has 26 heavy (non-hydrogen) atoms. The minimum atomic E-state index is 0.449. The van der Waals surface area contributed by atoms with Crippen molar-refractivity contribution in [3.8, 4) is 6.07 Å². The smallest absolute Gasteiger partial charge is 0.223 e. The van der Waals surface area contributed by atoms with E-state index < -0.39 is 0 Å². The first-order chi connectivity index (χ1) is 12.7. The monoisotopic (exact) mass is 346 g/mol. The van der Waals surface area contributed by atoms with Gasteiger partial charge in [0.15, 0.2) is 0 Å². The third-order valence-electron chi connectivity index (χ3n) is 5.03. The number of aromatic nitrogens is 2. The minimum absolute atomic E-state index is 0.449. The second kappa shape index (κ2) is 6.68. The van der Waals surface area contributed by atoms with Crippen molar-refractivity contribution in [1.82, 2.24) is 9.97 Å². The first-order valence-corrected chi connectivity index (χ1v) is 9.09. The lowest BCUT2D eigenvalue weighted by molar-refractivity contribution is 0.443. The molecule has 2 heterocycles. The lowest BCUT2D eigenvalue weighted by Gasteiger charge is -2.26. The van der Waals surface area contributed by atoms with Crippen molar-refractivity contribution >= 4 is 22.9 Å². The van der Waals surface area contributed by atoms with Gasteiger partial charge in [-0.05, 0) is 50.8 Å². The number of aryl methyl sites for hydroxylation is 1. The van der Waals surface area contributed by atoms with E-state index in [0.29, 0.717) is 23.3 Å². The second-order valence-electron chi connectivity index (χ2n) is 6.72. The Morgan fingerprint density at radius 2 is 2.19 bits per heavy atom. The summed E-state index contributed by atoms with van der Waals surface area (Å²) in [7, 11) is 0. The standard InChI is InChI=1S/C20H22N6/c1-3-26-17-10-5-4-9-16(17)24-19(26)15(11-21)18-13(2)12-22-20(25-18)23-14-7-6-8-14/h4-5,9-10,12,14,24H,3,6-8H2,1-2H3,(H,22,23,25)/b19-15+. The second-order valence-corrected chi connectivity index (χ2v) is 6.72. The molecule has 1 aliphatic carbocycles. The topological polar surface area (TPSA) is 76.9 Å². The highest BCUT2D eigenvalue weighted by atomic mass is 15.3. The van der Waals surface area contributed by atoms with Gasteiger partial charge in [-0.2, -0.15) is 5.26 Å². The lowest BCUT2D eigenvalue weighted by Crippen LogP contribution is -2.28. The van der Waals surface area contributed by atoms with Crippen LogP contribution in [0.5, 0.6) is 0 Å². The van der Waals surface area contributed by atoms with E-state index in [2.05, 4.69) is 44.6 Å². The van der Waals surface area contributed by atoms with Crippen LogP contribution < -0.4 is 15.5 Å². The van der Waals surface area contributed by atoms with Crippen molar-refractivity contribution in [3.63, 3.8) is 0 Å². The summed E-state index contributed by atoms with van der Waals surface area (Å²) in [5.74, 6) is 1.38.